The summed E-state index contributed by atoms with van der Waals surface area (Å²) >= 11 is 1.55. The average Bonchev–Trinajstić information content (AvgIpc) is 3.52. The Morgan fingerprint density at radius 1 is 1.03 bits per heavy atom. The third-order valence-corrected chi connectivity index (χ3v) is 7.59. The topological polar surface area (TPSA) is 79.7 Å². The van der Waals surface area contributed by atoms with Gasteiger partial charge in [0, 0.05) is 28.4 Å². The van der Waals surface area contributed by atoms with E-state index in [9.17, 15) is 14.7 Å². The lowest BCUT2D eigenvalue weighted by molar-refractivity contribution is -0.132. The van der Waals surface area contributed by atoms with Crippen molar-refractivity contribution in [2.45, 2.75) is 38.1 Å². The number of ketones is 1. The van der Waals surface area contributed by atoms with Gasteiger partial charge < -0.3 is 9.84 Å². The Balaban J connectivity index is 1.58. The Kier molecular flexibility index (Phi) is 6.20. The summed E-state index contributed by atoms with van der Waals surface area (Å²) in [6, 6.07) is 14.0. The average molecular weight is 475 g/mol. The molecule has 0 radical (unpaired) electrons. The van der Waals surface area contributed by atoms with Crippen LogP contribution in [0.25, 0.3) is 16.3 Å². The zero-order valence-corrected chi connectivity index (χ0v) is 19.8. The molecule has 1 amide bonds. The van der Waals surface area contributed by atoms with Crippen LogP contribution in [0.3, 0.4) is 0 Å². The zero-order chi connectivity index (χ0) is 23.7. The summed E-state index contributed by atoms with van der Waals surface area (Å²) in [5.74, 6) is -0.585. The number of methoxy groups -OCH3 is 1. The van der Waals surface area contributed by atoms with Crippen molar-refractivity contribution < 1.29 is 19.4 Å². The standard InChI is InChI=1S/C27H26N2O4S/c1-33-21-13-9-18(10-14-21)24(30)22-23(17-5-3-2-4-6-17)29(27(32)25(22)31)20-11-7-19(8-12-20)26-28-15-16-34-26/h7-17,23,30H,2-6H2,1H3. The highest BCUT2D eigenvalue weighted by atomic mass is 32.1. The fourth-order valence-corrected chi connectivity index (χ4v) is 5.72. The number of aliphatic hydroxyl groups is 1. The van der Waals surface area contributed by atoms with Gasteiger partial charge in [-0.15, -0.1) is 11.3 Å². The number of hydrogen-bond donors (Lipinski definition) is 1. The Morgan fingerprint density at radius 2 is 1.74 bits per heavy atom. The highest BCUT2D eigenvalue weighted by Gasteiger charge is 2.49. The third-order valence-electron chi connectivity index (χ3n) is 6.77. The molecule has 34 heavy (non-hydrogen) atoms. The maximum atomic E-state index is 13.3. The number of anilines is 1. The van der Waals surface area contributed by atoms with Gasteiger partial charge in [-0.25, -0.2) is 4.98 Å². The van der Waals surface area contributed by atoms with E-state index >= 15 is 0 Å². The van der Waals surface area contributed by atoms with Gasteiger partial charge in [0.1, 0.15) is 16.5 Å². The van der Waals surface area contributed by atoms with Gasteiger partial charge in [0.15, 0.2) is 0 Å². The molecule has 0 spiro atoms. The summed E-state index contributed by atoms with van der Waals surface area (Å²) in [7, 11) is 1.57. The lowest BCUT2D eigenvalue weighted by Crippen LogP contribution is -2.40. The van der Waals surface area contributed by atoms with Crippen molar-refractivity contribution in [1.29, 1.82) is 0 Å². The van der Waals surface area contributed by atoms with E-state index in [1.54, 1.807) is 53.8 Å². The predicted molar refractivity (Wildman–Crippen MR) is 133 cm³/mol. The molecule has 2 fully saturated rings. The van der Waals surface area contributed by atoms with E-state index in [1.807, 2.05) is 29.6 Å². The second-order valence-electron chi connectivity index (χ2n) is 8.72. The smallest absolute Gasteiger partial charge is 0.299 e. The number of aliphatic hydroxyl groups excluding tert-OH is 1. The van der Waals surface area contributed by atoms with Gasteiger partial charge in [-0.3, -0.25) is 14.5 Å². The number of carbonyl (C=O) groups is 2. The summed E-state index contributed by atoms with van der Waals surface area (Å²) < 4.78 is 5.21. The number of hydrogen-bond acceptors (Lipinski definition) is 6. The zero-order valence-electron chi connectivity index (χ0n) is 18.9. The number of ether oxygens (including phenoxy) is 1. The second-order valence-corrected chi connectivity index (χ2v) is 9.62. The predicted octanol–water partition coefficient (Wildman–Crippen LogP) is 5.65. The molecule has 1 unspecified atom stereocenters. The van der Waals surface area contributed by atoms with Crippen LogP contribution >= 0.6 is 11.3 Å². The van der Waals surface area contributed by atoms with Crippen LogP contribution in [0, 0.1) is 5.92 Å². The molecule has 1 N–H and O–H groups in total. The number of amides is 1. The number of aromatic nitrogens is 1. The molecule has 5 rings (SSSR count). The lowest BCUT2D eigenvalue weighted by Gasteiger charge is -2.34. The first-order valence-corrected chi connectivity index (χ1v) is 12.4. The Bertz CT molecular complexity index is 1210. The van der Waals surface area contributed by atoms with E-state index in [0.717, 1.165) is 42.7 Å². The number of rotatable bonds is 5. The first kappa shape index (κ1) is 22.3. The maximum Gasteiger partial charge on any atom is 0.299 e. The molecule has 1 aromatic heterocycles. The number of carbonyl (C=O) groups excluding carboxylic acids is 2. The molecule has 2 aromatic carbocycles. The van der Waals surface area contributed by atoms with Crippen molar-refractivity contribution in [3.63, 3.8) is 0 Å². The van der Waals surface area contributed by atoms with Crippen LogP contribution in [0.2, 0.25) is 0 Å². The first-order chi connectivity index (χ1) is 16.6. The van der Waals surface area contributed by atoms with Gasteiger partial charge in [-0.05, 0) is 67.3 Å². The van der Waals surface area contributed by atoms with E-state index in [0.29, 0.717) is 17.0 Å². The van der Waals surface area contributed by atoms with Crippen LogP contribution in [0.5, 0.6) is 5.75 Å². The summed E-state index contributed by atoms with van der Waals surface area (Å²) in [6.45, 7) is 0. The first-order valence-electron chi connectivity index (χ1n) is 11.5. The van der Waals surface area contributed by atoms with Crippen LogP contribution in [-0.2, 0) is 9.59 Å². The summed E-state index contributed by atoms with van der Waals surface area (Å²) in [5, 5.41) is 14.1. The van der Waals surface area contributed by atoms with Crippen molar-refractivity contribution in [1.82, 2.24) is 4.98 Å². The minimum atomic E-state index is -0.632. The Morgan fingerprint density at radius 3 is 2.35 bits per heavy atom. The van der Waals surface area contributed by atoms with E-state index in [2.05, 4.69) is 4.98 Å². The minimum absolute atomic E-state index is 0.109. The fraction of sp³-hybridized carbons (Fsp3) is 0.296. The Labute approximate surface area is 202 Å². The Hall–Kier alpha value is -3.45. The second kappa shape index (κ2) is 9.43. The normalized spacial score (nSPS) is 20.6. The van der Waals surface area contributed by atoms with Gasteiger partial charge in [-0.1, -0.05) is 19.3 Å². The van der Waals surface area contributed by atoms with E-state index < -0.39 is 17.7 Å². The van der Waals surface area contributed by atoms with Gasteiger partial charge >= 0.3 is 0 Å². The summed E-state index contributed by atoms with van der Waals surface area (Å²) in [6.07, 6.45) is 6.84. The number of benzene rings is 2. The van der Waals surface area contributed by atoms with Crippen LogP contribution in [0.15, 0.2) is 65.7 Å². The molecule has 7 heteroatoms. The highest BCUT2D eigenvalue weighted by Crippen LogP contribution is 2.41. The van der Waals surface area contributed by atoms with Gasteiger partial charge in [0.25, 0.3) is 11.7 Å². The van der Waals surface area contributed by atoms with Crippen molar-refractivity contribution in [2.24, 2.45) is 5.92 Å². The van der Waals surface area contributed by atoms with Crippen molar-refractivity contribution in [3.05, 3.63) is 71.2 Å². The molecule has 2 heterocycles. The van der Waals surface area contributed by atoms with Crippen molar-refractivity contribution in [3.8, 4) is 16.3 Å². The van der Waals surface area contributed by atoms with Gasteiger partial charge in [0.2, 0.25) is 0 Å². The molecule has 3 aromatic rings. The summed E-state index contributed by atoms with van der Waals surface area (Å²) in [4.78, 5) is 32.6. The molecule has 174 valence electrons. The molecular formula is C27H26N2O4S. The summed E-state index contributed by atoms with van der Waals surface area (Å²) in [5.41, 5.74) is 2.32. The van der Waals surface area contributed by atoms with E-state index in [4.69, 9.17) is 4.74 Å². The van der Waals surface area contributed by atoms with Crippen LogP contribution in [0.4, 0.5) is 5.69 Å². The van der Waals surface area contributed by atoms with Crippen molar-refractivity contribution >= 4 is 34.5 Å². The molecule has 2 aliphatic rings. The monoisotopic (exact) mass is 474 g/mol. The molecular weight excluding hydrogens is 448 g/mol. The molecule has 0 bridgehead atoms. The molecule has 1 saturated carbocycles. The lowest BCUT2D eigenvalue weighted by atomic mass is 9.80. The highest BCUT2D eigenvalue weighted by molar-refractivity contribution is 7.13. The van der Waals surface area contributed by atoms with Crippen LogP contribution < -0.4 is 9.64 Å². The minimum Gasteiger partial charge on any atom is -0.507 e. The van der Waals surface area contributed by atoms with Gasteiger partial charge in [-0.2, -0.15) is 0 Å². The quantitative estimate of drug-likeness (QED) is 0.294. The molecule has 1 atom stereocenters. The van der Waals surface area contributed by atoms with Crippen LogP contribution in [0.1, 0.15) is 37.7 Å². The van der Waals surface area contributed by atoms with Crippen molar-refractivity contribution in [2.75, 3.05) is 12.0 Å². The number of thiazole rings is 1. The van der Waals surface area contributed by atoms with Gasteiger partial charge in [0.05, 0.1) is 18.7 Å². The molecule has 1 aliphatic carbocycles. The maximum absolute atomic E-state index is 13.3. The van der Waals surface area contributed by atoms with E-state index in [1.165, 1.54) is 0 Å². The largest absolute Gasteiger partial charge is 0.507 e. The SMILES string of the molecule is COc1ccc(C(O)=C2C(=O)C(=O)N(c3ccc(-c4nccs4)cc3)C2C2CCCCC2)cc1. The van der Waals surface area contributed by atoms with E-state index in [-0.39, 0.29) is 17.3 Å². The van der Waals surface area contributed by atoms with Crippen LogP contribution in [-0.4, -0.2) is 34.9 Å². The number of nitrogens with zero attached hydrogens (tertiary/aromatic N) is 2. The fourth-order valence-electron chi connectivity index (χ4n) is 5.07. The molecule has 6 nitrogen and oxygen atoms in total. The molecule has 1 aliphatic heterocycles. The third kappa shape index (κ3) is 4.01. The molecule has 1 saturated heterocycles. The number of Topliss-reactive ketones (excluding diaryl/α,β-unsaturated/α-hetero) is 1.